The second-order valence-corrected chi connectivity index (χ2v) is 8.36. The van der Waals surface area contributed by atoms with Crippen molar-refractivity contribution < 1.29 is 31.1 Å². The Morgan fingerprint density at radius 2 is 1.00 bits per heavy atom. The number of alkyl halides is 6. The molecule has 0 aliphatic carbocycles. The number of benzene rings is 2. The van der Waals surface area contributed by atoms with Crippen LogP contribution in [0.5, 0.6) is 0 Å². The maximum atomic E-state index is 13.6. The van der Waals surface area contributed by atoms with Crippen LogP contribution in [-0.4, -0.2) is 15.8 Å². The van der Waals surface area contributed by atoms with Crippen LogP contribution in [0.15, 0.2) is 73.1 Å². The minimum Gasteiger partial charge on any atom is -0.289 e. The smallest absolute Gasteiger partial charge is 0.289 e. The molecule has 2 aromatic carbocycles. The predicted octanol–water partition coefficient (Wildman–Crippen LogP) is 8.39. The summed E-state index contributed by atoms with van der Waals surface area (Å²) in [6.45, 7) is 0. The zero-order valence-corrected chi connectivity index (χ0v) is 19.3. The van der Waals surface area contributed by atoms with Crippen LogP contribution in [0.3, 0.4) is 0 Å². The van der Waals surface area contributed by atoms with Crippen LogP contribution in [-0.2, 0) is 12.4 Å². The number of hydrogen-bond acceptors (Lipinski definition) is 3. The van der Waals surface area contributed by atoms with E-state index in [9.17, 15) is 31.1 Å². The van der Waals surface area contributed by atoms with Gasteiger partial charge in [0.15, 0.2) is 5.78 Å². The molecule has 0 saturated heterocycles. The minimum atomic E-state index is -4.70. The van der Waals surface area contributed by atoms with Crippen molar-refractivity contribution in [2.75, 3.05) is 0 Å². The van der Waals surface area contributed by atoms with Crippen molar-refractivity contribution in [2.24, 2.45) is 0 Å². The van der Waals surface area contributed by atoms with Crippen LogP contribution in [0.2, 0.25) is 10.3 Å². The highest BCUT2D eigenvalue weighted by Crippen LogP contribution is 2.38. The number of hydrogen-bond donors (Lipinski definition) is 0. The van der Waals surface area contributed by atoms with Gasteiger partial charge in [0.1, 0.15) is 10.3 Å². The standard InChI is InChI=1S/C25H12Cl2F6N2O/c26-21-7-1-13(11-34-21)19-9-15(24(28,29)30)3-5-17(19)23(36)18-6-4-16(25(31,32)33)10-20(18)14-2-8-22(27)35-12-14/h1-12H. The second-order valence-electron chi connectivity index (χ2n) is 7.58. The zero-order valence-electron chi connectivity index (χ0n) is 17.8. The molecule has 11 heteroatoms. The molecule has 2 aromatic heterocycles. The predicted molar refractivity (Wildman–Crippen MR) is 123 cm³/mol. The number of halogens is 8. The van der Waals surface area contributed by atoms with Crippen molar-refractivity contribution in [2.45, 2.75) is 12.4 Å². The van der Waals surface area contributed by atoms with Gasteiger partial charge in [-0.25, -0.2) is 9.97 Å². The number of carbonyl (C=O) groups is 1. The molecule has 3 nitrogen and oxygen atoms in total. The fourth-order valence-corrected chi connectivity index (χ4v) is 3.75. The van der Waals surface area contributed by atoms with Crippen LogP contribution in [0.25, 0.3) is 22.3 Å². The summed E-state index contributed by atoms with van der Waals surface area (Å²) in [5, 5.41) is 0.165. The van der Waals surface area contributed by atoms with Crippen LogP contribution in [0.1, 0.15) is 27.0 Å². The summed E-state index contributed by atoms with van der Waals surface area (Å²) in [6.07, 6.45) is -7.01. The molecule has 0 radical (unpaired) electrons. The van der Waals surface area contributed by atoms with Crippen molar-refractivity contribution in [3.05, 3.63) is 106 Å². The molecule has 0 atom stereocenters. The molecule has 2 heterocycles. The summed E-state index contributed by atoms with van der Waals surface area (Å²) in [7, 11) is 0. The van der Waals surface area contributed by atoms with Gasteiger partial charge >= 0.3 is 12.4 Å². The van der Waals surface area contributed by atoms with Gasteiger partial charge in [-0.15, -0.1) is 0 Å². The highest BCUT2D eigenvalue weighted by molar-refractivity contribution is 6.29. The monoisotopic (exact) mass is 540 g/mol. The Morgan fingerprint density at radius 3 is 1.31 bits per heavy atom. The van der Waals surface area contributed by atoms with E-state index in [2.05, 4.69) is 9.97 Å². The molecule has 0 saturated carbocycles. The maximum absolute atomic E-state index is 13.6. The Morgan fingerprint density at radius 1 is 0.611 bits per heavy atom. The van der Waals surface area contributed by atoms with Crippen LogP contribution >= 0.6 is 23.2 Å². The molecule has 0 N–H and O–H groups in total. The molecule has 4 rings (SSSR count). The van der Waals surface area contributed by atoms with Crippen molar-refractivity contribution >= 4 is 29.0 Å². The Hall–Kier alpha value is -3.43. The van der Waals surface area contributed by atoms with Crippen LogP contribution < -0.4 is 0 Å². The summed E-state index contributed by atoms with van der Waals surface area (Å²) in [5.41, 5.74) is -2.27. The molecular weight excluding hydrogens is 529 g/mol. The summed E-state index contributed by atoms with van der Waals surface area (Å²) in [4.78, 5) is 21.4. The van der Waals surface area contributed by atoms with Gasteiger partial charge in [-0.2, -0.15) is 26.3 Å². The van der Waals surface area contributed by atoms with Crippen molar-refractivity contribution in [3.8, 4) is 22.3 Å². The van der Waals surface area contributed by atoms with E-state index in [4.69, 9.17) is 23.2 Å². The van der Waals surface area contributed by atoms with Gasteiger partial charge in [0.25, 0.3) is 0 Å². The molecule has 0 aliphatic rings. The number of ketones is 1. The molecule has 0 spiro atoms. The van der Waals surface area contributed by atoms with E-state index in [0.29, 0.717) is 0 Å². The number of aromatic nitrogens is 2. The van der Waals surface area contributed by atoms with Gasteiger partial charge < -0.3 is 0 Å². The lowest BCUT2D eigenvalue weighted by atomic mass is 9.88. The molecule has 0 bridgehead atoms. The third-order valence-electron chi connectivity index (χ3n) is 5.26. The number of rotatable bonds is 4. The first-order valence-electron chi connectivity index (χ1n) is 10.1. The quantitative estimate of drug-likeness (QED) is 0.148. The first kappa shape index (κ1) is 25.7. The van der Waals surface area contributed by atoms with Gasteiger partial charge in [-0.1, -0.05) is 23.2 Å². The Kier molecular flexibility index (Phi) is 6.81. The topological polar surface area (TPSA) is 42.9 Å². The second kappa shape index (κ2) is 9.55. The molecule has 0 aliphatic heterocycles. The Bertz CT molecular complexity index is 1320. The molecule has 0 unspecified atom stereocenters. The fourth-order valence-electron chi connectivity index (χ4n) is 3.53. The van der Waals surface area contributed by atoms with E-state index in [1.54, 1.807) is 0 Å². The largest absolute Gasteiger partial charge is 0.416 e. The average molecular weight is 541 g/mol. The van der Waals surface area contributed by atoms with Crippen molar-refractivity contribution in [1.82, 2.24) is 9.97 Å². The SMILES string of the molecule is O=C(c1ccc(C(F)(F)F)cc1-c1ccc(Cl)nc1)c1ccc(C(F)(F)F)cc1-c1ccc(Cl)nc1. The summed E-state index contributed by atoms with van der Waals surface area (Å²) < 4.78 is 80.6. The fraction of sp³-hybridized carbons (Fsp3) is 0.0800. The first-order valence-corrected chi connectivity index (χ1v) is 10.8. The molecule has 36 heavy (non-hydrogen) atoms. The summed E-state index contributed by atoms with van der Waals surface area (Å²) >= 11 is 11.6. The van der Waals surface area contributed by atoms with E-state index < -0.39 is 29.3 Å². The Balaban J connectivity index is 1.93. The lowest BCUT2D eigenvalue weighted by molar-refractivity contribution is -0.138. The molecule has 0 amide bonds. The number of carbonyl (C=O) groups excluding carboxylic acids is 1. The third-order valence-corrected chi connectivity index (χ3v) is 5.71. The van der Waals surface area contributed by atoms with Crippen LogP contribution in [0.4, 0.5) is 26.3 Å². The first-order chi connectivity index (χ1) is 16.8. The molecule has 0 fully saturated rings. The summed E-state index contributed by atoms with van der Waals surface area (Å²) in [6, 6.07) is 10.5. The molecule has 184 valence electrons. The van der Waals surface area contributed by atoms with E-state index in [-0.39, 0.29) is 43.7 Å². The molecular formula is C25H12Cl2F6N2O. The van der Waals surface area contributed by atoms with Crippen molar-refractivity contribution in [3.63, 3.8) is 0 Å². The average Bonchev–Trinajstić information content (AvgIpc) is 2.83. The third kappa shape index (κ3) is 5.37. The van der Waals surface area contributed by atoms with E-state index in [1.807, 2.05) is 0 Å². The van der Waals surface area contributed by atoms with Gasteiger partial charge in [0.05, 0.1) is 11.1 Å². The molecule has 4 aromatic rings. The van der Waals surface area contributed by atoms with Crippen molar-refractivity contribution in [1.29, 1.82) is 0 Å². The van der Waals surface area contributed by atoms with E-state index >= 15 is 0 Å². The summed E-state index contributed by atoms with van der Waals surface area (Å²) in [5.74, 6) is -0.799. The van der Waals surface area contributed by atoms with Gasteiger partial charge in [0, 0.05) is 34.6 Å². The number of pyridine rings is 2. The minimum absolute atomic E-state index is 0.0823. The van der Waals surface area contributed by atoms with Gasteiger partial charge in [-0.3, -0.25) is 4.79 Å². The lowest BCUT2D eigenvalue weighted by Crippen LogP contribution is -2.11. The Labute approximate surface area is 210 Å². The lowest BCUT2D eigenvalue weighted by Gasteiger charge is -2.16. The van der Waals surface area contributed by atoms with Gasteiger partial charge in [-0.05, 0) is 71.8 Å². The number of nitrogens with zero attached hydrogens (tertiary/aromatic N) is 2. The maximum Gasteiger partial charge on any atom is 0.416 e. The highest BCUT2D eigenvalue weighted by Gasteiger charge is 2.34. The van der Waals surface area contributed by atoms with Gasteiger partial charge in [0.2, 0.25) is 0 Å². The highest BCUT2D eigenvalue weighted by atomic mass is 35.5. The van der Waals surface area contributed by atoms with Crippen LogP contribution in [0, 0.1) is 0 Å². The zero-order chi connectivity index (χ0) is 26.3. The van der Waals surface area contributed by atoms with E-state index in [0.717, 1.165) is 36.4 Å². The normalized spacial score (nSPS) is 12.0. The van der Waals surface area contributed by atoms with E-state index in [1.165, 1.54) is 36.7 Å².